The maximum absolute atomic E-state index is 4.63. The second-order valence-corrected chi connectivity index (χ2v) is 4.62. The lowest BCUT2D eigenvalue weighted by Gasteiger charge is -2.04. The van der Waals surface area contributed by atoms with E-state index in [0.29, 0.717) is 6.04 Å². The van der Waals surface area contributed by atoms with E-state index in [2.05, 4.69) is 55.1 Å². The van der Waals surface area contributed by atoms with Crippen molar-refractivity contribution in [3.8, 4) is 0 Å². The van der Waals surface area contributed by atoms with Crippen LogP contribution < -0.4 is 5.32 Å². The first kappa shape index (κ1) is 11.1. The van der Waals surface area contributed by atoms with Crippen molar-refractivity contribution >= 4 is 11.0 Å². The Morgan fingerprint density at radius 2 is 2.06 bits per heavy atom. The molecule has 0 fully saturated rings. The molecular formula is C13H19N3. The number of nitrogens with one attached hydrogen (secondary N) is 2. The second-order valence-electron chi connectivity index (χ2n) is 4.62. The first-order valence-corrected chi connectivity index (χ1v) is 5.76. The summed E-state index contributed by atoms with van der Waals surface area (Å²) in [5, 5.41) is 3.36. The van der Waals surface area contributed by atoms with E-state index < -0.39 is 0 Å². The standard InChI is InChI=1S/C13H19N3/c1-8(2)14-7-12-15-11-6-5-9(3)10(4)13(11)16-12/h5-6,8,14H,7H2,1-4H3,(H,15,16). The summed E-state index contributed by atoms with van der Waals surface area (Å²) in [5.41, 5.74) is 4.79. The normalized spacial score (nSPS) is 11.6. The van der Waals surface area contributed by atoms with Gasteiger partial charge in [0.05, 0.1) is 17.6 Å². The maximum Gasteiger partial charge on any atom is 0.121 e. The molecule has 2 N–H and O–H groups in total. The molecule has 1 aromatic carbocycles. The van der Waals surface area contributed by atoms with Crippen LogP contribution in [0.1, 0.15) is 30.8 Å². The van der Waals surface area contributed by atoms with E-state index in [9.17, 15) is 0 Å². The molecule has 0 amide bonds. The lowest BCUT2D eigenvalue weighted by Crippen LogP contribution is -2.22. The largest absolute Gasteiger partial charge is 0.341 e. The molecular weight excluding hydrogens is 198 g/mol. The summed E-state index contributed by atoms with van der Waals surface area (Å²) in [5.74, 6) is 1.01. The van der Waals surface area contributed by atoms with Crippen molar-refractivity contribution < 1.29 is 0 Å². The fourth-order valence-corrected chi connectivity index (χ4v) is 1.75. The van der Waals surface area contributed by atoms with Crippen LogP contribution in [0.25, 0.3) is 11.0 Å². The Hall–Kier alpha value is -1.35. The zero-order chi connectivity index (χ0) is 11.7. The van der Waals surface area contributed by atoms with Gasteiger partial charge in [0.2, 0.25) is 0 Å². The summed E-state index contributed by atoms with van der Waals surface area (Å²) in [6.07, 6.45) is 0. The molecule has 3 heteroatoms. The summed E-state index contributed by atoms with van der Waals surface area (Å²) >= 11 is 0. The smallest absolute Gasteiger partial charge is 0.121 e. The van der Waals surface area contributed by atoms with Crippen molar-refractivity contribution in [2.45, 2.75) is 40.3 Å². The van der Waals surface area contributed by atoms with Crippen molar-refractivity contribution in [2.75, 3.05) is 0 Å². The number of hydrogen-bond acceptors (Lipinski definition) is 2. The summed E-state index contributed by atoms with van der Waals surface area (Å²) < 4.78 is 0. The topological polar surface area (TPSA) is 40.7 Å². The van der Waals surface area contributed by atoms with Crippen LogP contribution in [0.4, 0.5) is 0 Å². The van der Waals surface area contributed by atoms with Gasteiger partial charge in [-0.05, 0) is 31.0 Å². The fourth-order valence-electron chi connectivity index (χ4n) is 1.75. The molecule has 3 nitrogen and oxygen atoms in total. The Kier molecular flexibility index (Phi) is 2.97. The average Bonchev–Trinajstić information content (AvgIpc) is 2.64. The number of aromatic amines is 1. The Labute approximate surface area is 96.3 Å². The van der Waals surface area contributed by atoms with Crippen molar-refractivity contribution in [3.63, 3.8) is 0 Å². The lowest BCUT2D eigenvalue weighted by atomic mass is 10.1. The van der Waals surface area contributed by atoms with Crippen LogP contribution in [-0.2, 0) is 6.54 Å². The molecule has 0 aliphatic rings. The fraction of sp³-hybridized carbons (Fsp3) is 0.462. The van der Waals surface area contributed by atoms with E-state index in [0.717, 1.165) is 23.4 Å². The number of fused-ring (bicyclic) bond motifs is 1. The molecule has 0 radical (unpaired) electrons. The molecule has 86 valence electrons. The zero-order valence-corrected chi connectivity index (χ0v) is 10.4. The molecule has 0 aliphatic heterocycles. The maximum atomic E-state index is 4.63. The van der Waals surface area contributed by atoms with Crippen molar-refractivity contribution in [2.24, 2.45) is 0 Å². The van der Waals surface area contributed by atoms with Gasteiger partial charge in [0, 0.05) is 6.04 Å². The van der Waals surface area contributed by atoms with Gasteiger partial charge < -0.3 is 10.3 Å². The molecule has 0 atom stereocenters. The number of benzene rings is 1. The highest BCUT2D eigenvalue weighted by atomic mass is 15.0. The van der Waals surface area contributed by atoms with Crippen molar-refractivity contribution in [3.05, 3.63) is 29.1 Å². The summed E-state index contributed by atoms with van der Waals surface area (Å²) in [7, 11) is 0. The van der Waals surface area contributed by atoms with Crippen LogP contribution in [-0.4, -0.2) is 16.0 Å². The summed E-state index contributed by atoms with van der Waals surface area (Å²) in [6.45, 7) is 9.31. The Bertz CT molecular complexity index is 497. The number of hydrogen-bond donors (Lipinski definition) is 2. The van der Waals surface area contributed by atoms with Gasteiger partial charge in [0.15, 0.2) is 0 Å². The predicted octanol–water partition coefficient (Wildman–Crippen LogP) is 2.68. The minimum absolute atomic E-state index is 0.482. The van der Waals surface area contributed by atoms with Gasteiger partial charge >= 0.3 is 0 Å². The number of imidazole rings is 1. The molecule has 2 rings (SSSR count). The van der Waals surface area contributed by atoms with Gasteiger partial charge in [0.1, 0.15) is 5.82 Å². The van der Waals surface area contributed by atoms with Crippen LogP contribution in [0.5, 0.6) is 0 Å². The average molecular weight is 217 g/mol. The number of aryl methyl sites for hydroxylation is 2. The molecule has 0 aliphatic carbocycles. The molecule has 0 saturated heterocycles. The number of aromatic nitrogens is 2. The van der Waals surface area contributed by atoms with E-state index in [1.165, 1.54) is 11.1 Å². The first-order valence-electron chi connectivity index (χ1n) is 5.76. The summed E-state index contributed by atoms with van der Waals surface area (Å²) in [6, 6.07) is 4.72. The number of nitrogens with zero attached hydrogens (tertiary/aromatic N) is 1. The van der Waals surface area contributed by atoms with Crippen molar-refractivity contribution in [1.82, 2.24) is 15.3 Å². The molecule has 1 aromatic heterocycles. The second kappa shape index (κ2) is 4.26. The minimum atomic E-state index is 0.482. The third kappa shape index (κ3) is 2.09. The molecule has 0 saturated carbocycles. The Balaban J connectivity index is 2.33. The van der Waals surface area contributed by atoms with Crippen molar-refractivity contribution in [1.29, 1.82) is 0 Å². The Morgan fingerprint density at radius 3 is 2.75 bits per heavy atom. The molecule has 0 unspecified atom stereocenters. The van der Waals surface area contributed by atoms with E-state index >= 15 is 0 Å². The quantitative estimate of drug-likeness (QED) is 0.830. The molecule has 0 bridgehead atoms. The highest BCUT2D eigenvalue weighted by molar-refractivity contribution is 5.79. The molecule has 2 aromatic rings. The lowest BCUT2D eigenvalue weighted by molar-refractivity contribution is 0.576. The third-order valence-corrected chi connectivity index (χ3v) is 2.91. The molecule has 1 heterocycles. The van der Waals surface area contributed by atoms with Gasteiger partial charge in [-0.3, -0.25) is 0 Å². The zero-order valence-electron chi connectivity index (χ0n) is 10.4. The SMILES string of the molecule is Cc1ccc2[nH]c(CNC(C)C)nc2c1C. The predicted molar refractivity (Wildman–Crippen MR) is 67.5 cm³/mol. The van der Waals surface area contributed by atoms with Crippen LogP contribution in [0.3, 0.4) is 0 Å². The van der Waals surface area contributed by atoms with Gasteiger partial charge in [-0.25, -0.2) is 4.98 Å². The molecule has 0 spiro atoms. The van der Waals surface area contributed by atoms with Crippen LogP contribution >= 0.6 is 0 Å². The summed E-state index contributed by atoms with van der Waals surface area (Å²) in [4.78, 5) is 7.97. The number of rotatable bonds is 3. The minimum Gasteiger partial charge on any atom is -0.341 e. The van der Waals surface area contributed by atoms with E-state index in [1.54, 1.807) is 0 Å². The van der Waals surface area contributed by atoms with Crippen LogP contribution in [0.15, 0.2) is 12.1 Å². The monoisotopic (exact) mass is 217 g/mol. The van der Waals surface area contributed by atoms with Gasteiger partial charge in [0.25, 0.3) is 0 Å². The molecule has 16 heavy (non-hydrogen) atoms. The Morgan fingerprint density at radius 1 is 1.31 bits per heavy atom. The van der Waals surface area contributed by atoms with Gasteiger partial charge in [-0.1, -0.05) is 19.9 Å². The van der Waals surface area contributed by atoms with Gasteiger partial charge in [-0.15, -0.1) is 0 Å². The van der Waals surface area contributed by atoms with Crippen LogP contribution in [0, 0.1) is 13.8 Å². The third-order valence-electron chi connectivity index (χ3n) is 2.91. The highest BCUT2D eigenvalue weighted by Crippen LogP contribution is 2.19. The number of H-pyrrole nitrogens is 1. The van der Waals surface area contributed by atoms with E-state index in [4.69, 9.17) is 0 Å². The van der Waals surface area contributed by atoms with Gasteiger partial charge in [-0.2, -0.15) is 0 Å². The van der Waals surface area contributed by atoms with E-state index in [-0.39, 0.29) is 0 Å². The first-order chi connectivity index (χ1) is 7.58. The van der Waals surface area contributed by atoms with Crippen LogP contribution in [0.2, 0.25) is 0 Å². The van der Waals surface area contributed by atoms with E-state index in [1.807, 2.05) is 0 Å². The highest BCUT2D eigenvalue weighted by Gasteiger charge is 2.06.